The Morgan fingerprint density at radius 2 is 1.59 bits per heavy atom. The van der Waals surface area contributed by atoms with Crippen LogP contribution in [0.3, 0.4) is 0 Å². The van der Waals surface area contributed by atoms with Crippen molar-refractivity contribution in [1.82, 2.24) is 24.1 Å². The zero-order valence-electron chi connectivity index (χ0n) is 16.2. The number of rotatable bonds is 4. The van der Waals surface area contributed by atoms with E-state index in [4.69, 9.17) is 0 Å². The molecule has 4 rings (SSSR count). The van der Waals surface area contributed by atoms with Crippen LogP contribution in [0.25, 0.3) is 5.69 Å². The Morgan fingerprint density at radius 1 is 0.966 bits per heavy atom. The van der Waals surface area contributed by atoms with Gasteiger partial charge in [0.05, 0.1) is 17.1 Å². The van der Waals surface area contributed by atoms with E-state index in [2.05, 4.69) is 15.1 Å². The number of sulfonamides is 1. The summed E-state index contributed by atoms with van der Waals surface area (Å²) in [5, 5.41) is 4.39. The number of hydrogen-bond acceptors (Lipinski definition) is 6. The summed E-state index contributed by atoms with van der Waals surface area (Å²) >= 11 is 0. The van der Waals surface area contributed by atoms with Gasteiger partial charge in [0, 0.05) is 38.6 Å². The van der Waals surface area contributed by atoms with E-state index in [-0.39, 0.29) is 10.7 Å². The Bertz CT molecular complexity index is 1110. The van der Waals surface area contributed by atoms with Crippen molar-refractivity contribution in [3.63, 3.8) is 0 Å². The fraction of sp³-hybridized carbons (Fsp3) is 0.316. The van der Waals surface area contributed by atoms with Crippen molar-refractivity contribution in [3.8, 4) is 5.69 Å². The topological polar surface area (TPSA) is 84.2 Å². The van der Waals surface area contributed by atoms with Crippen LogP contribution in [0.5, 0.6) is 0 Å². The first-order chi connectivity index (χ1) is 13.9. The first kappa shape index (κ1) is 19.5. The maximum Gasteiger partial charge on any atom is 0.246 e. The molecule has 0 spiro atoms. The molecule has 0 atom stereocenters. The number of nitrogens with zero attached hydrogens (tertiary/aromatic N) is 6. The summed E-state index contributed by atoms with van der Waals surface area (Å²) in [6, 6.07) is 7.54. The molecule has 0 bridgehead atoms. The lowest BCUT2D eigenvalue weighted by Gasteiger charge is -2.33. The molecule has 0 unspecified atom stereocenters. The molecule has 3 heterocycles. The quantitative estimate of drug-likeness (QED) is 0.646. The van der Waals surface area contributed by atoms with Gasteiger partial charge >= 0.3 is 0 Å². The maximum atomic E-state index is 13.3. The minimum atomic E-state index is -3.72. The number of halogens is 1. The summed E-state index contributed by atoms with van der Waals surface area (Å²) in [4.78, 5) is 10.6. The van der Waals surface area contributed by atoms with Crippen molar-refractivity contribution < 1.29 is 12.8 Å². The van der Waals surface area contributed by atoms with Gasteiger partial charge in [-0.25, -0.2) is 27.5 Å². The molecule has 2 aromatic heterocycles. The fourth-order valence-corrected chi connectivity index (χ4v) is 5.32. The van der Waals surface area contributed by atoms with Gasteiger partial charge in [-0.3, -0.25) is 0 Å². The molecule has 3 aromatic rings. The second kappa shape index (κ2) is 7.53. The number of aryl methyl sites for hydroxylation is 1. The predicted molar refractivity (Wildman–Crippen MR) is 106 cm³/mol. The van der Waals surface area contributed by atoms with Crippen LogP contribution in [-0.4, -0.2) is 58.7 Å². The maximum absolute atomic E-state index is 13.3. The lowest BCUT2D eigenvalue weighted by Crippen LogP contribution is -2.49. The van der Waals surface area contributed by atoms with Crippen LogP contribution < -0.4 is 4.90 Å². The summed E-state index contributed by atoms with van der Waals surface area (Å²) in [5.74, 6) is 0.240. The van der Waals surface area contributed by atoms with Crippen LogP contribution in [0.15, 0.2) is 47.6 Å². The molecular weight excluding hydrogens is 395 g/mol. The van der Waals surface area contributed by atoms with Crippen molar-refractivity contribution >= 4 is 16.0 Å². The molecule has 0 radical (unpaired) electrons. The Kier molecular flexibility index (Phi) is 5.05. The summed E-state index contributed by atoms with van der Waals surface area (Å²) in [6.07, 6.45) is 3.34. The van der Waals surface area contributed by atoms with Gasteiger partial charge < -0.3 is 4.90 Å². The van der Waals surface area contributed by atoms with Crippen molar-refractivity contribution in [1.29, 1.82) is 0 Å². The smallest absolute Gasteiger partial charge is 0.246 e. The first-order valence-electron chi connectivity index (χ1n) is 9.22. The molecule has 1 aliphatic rings. The standard InChI is InChI=1S/C19H21FN6O2S/c1-14-18(15(2)26(23-14)17-6-4-16(20)5-7-17)29(27,28)25-12-10-24(11-13-25)19-21-8-3-9-22-19/h3-9H,10-13H2,1-2H3. The van der Waals surface area contributed by atoms with E-state index >= 15 is 0 Å². The number of piperazine rings is 1. The third-order valence-corrected chi connectivity index (χ3v) is 7.12. The van der Waals surface area contributed by atoms with E-state index in [1.165, 1.54) is 21.1 Å². The average Bonchev–Trinajstić information content (AvgIpc) is 3.04. The normalized spacial score (nSPS) is 15.6. The summed E-state index contributed by atoms with van der Waals surface area (Å²) in [5.41, 5.74) is 1.53. The zero-order chi connectivity index (χ0) is 20.6. The van der Waals surface area contributed by atoms with E-state index in [1.54, 1.807) is 44.4 Å². The van der Waals surface area contributed by atoms with Crippen molar-refractivity contribution in [2.45, 2.75) is 18.7 Å². The number of aromatic nitrogens is 4. The summed E-state index contributed by atoms with van der Waals surface area (Å²) < 4.78 is 42.9. The lowest BCUT2D eigenvalue weighted by atomic mass is 10.3. The SMILES string of the molecule is Cc1nn(-c2ccc(F)cc2)c(C)c1S(=O)(=O)N1CCN(c2ncccn2)CC1. The predicted octanol–water partition coefficient (Wildman–Crippen LogP) is 1.93. The van der Waals surface area contributed by atoms with Gasteiger partial charge in [0.15, 0.2) is 0 Å². The van der Waals surface area contributed by atoms with Crippen LogP contribution in [0.2, 0.25) is 0 Å². The molecule has 0 N–H and O–H groups in total. The largest absolute Gasteiger partial charge is 0.338 e. The van der Waals surface area contributed by atoms with Crippen molar-refractivity contribution in [2.75, 3.05) is 31.1 Å². The summed E-state index contributed by atoms with van der Waals surface area (Å²) in [7, 11) is -3.72. The van der Waals surface area contributed by atoms with Gasteiger partial charge in [0.1, 0.15) is 10.7 Å². The molecule has 0 saturated carbocycles. The van der Waals surface area contributed by atoms with Crippen LogP contribution in [0, 0.1) is 19.7 Å². The number of anilines is 1. The molecule has 0 aliphatic carbocycles. The van der Waals surface area contributed by atoms with Crippen molar-refractivity contribution in [3.05, 3.63) is 59.9 Å². The van der Waals surface area contributed by atoms with Crippen molar-refractivity contribution in [2.24, 2.45) is 0 Å². The van der Waals surface area contributed by atoms with E-state index in [9.17, 15) is 12.8 Å². The van der Waals surface area contributed by atoms with E-state index < -0.39 is 10.0 Å². The highest BCUT2D eigenvalue weighted by Crippen LogP contribution is 2.27. The third kappa shape index (κ3) is 3.60. The molecule has 1 aromatic carbocycles. The minimum Gasteiger partial charge on any atom is -0.338 e. The monoisotopic (exact) mass is 416 g/mol. The third-order valence-electron chi connectivity index (χ3n) is 4.97. The molecule has 29 heavy (non-hydrogen) atoms. The van der Waals surface area contributed by atoms with Crippen LogP contribution >= 0.6 is 0 Å². The molecule has 152 valence electrons. The second-order valence-electron chi connectivity index (χ2n) is 6.83. The Hall–Kier alpha value is -2.85. The molecule has 1 aliphatic heterocycles. The highest BCUT2D eigenvalue weighted by Gasteiger charge is 2.33. The number of hydrogen-bond donors (Lipinski definition) is 0. The second-order valence-corrected chi connectivity index (χ2v) is 8.70. The molecule has 1 saturated heterocycles. The molecular formula is C19H21FN6O2S. The van der Waals surface area contributed by atoms with E-state index in [1.807, 2.05) is 4.90 Å². The Morgan fingerprint density at radius 3 is 2.21 bits per heavy atom. The minimum absolute atomic E-state index is 0.200. The highest BCUT2D eigenvalue weighted by molar-refractivity contribution is 7.89. The zero-order valence-corrected chi connectivity index (χ0v) is 17.0. The lowest BCUT2D eigenvalue weighted by molar-refractivity contribution is 0.382. The van der Waals surface area contributed by atoms with Crippen LogP contribution in [0.1, 0.15) is 11.4 Å². The first-order valence-corrected chi connectivity index (χ1v) is 10.7. The van der Waals surface area contributed by atoms with Crippen LogP contribution in [0.4, 0.5) is 10.3 Å². The summed E-state index contributed by atoms with van der Waals surface area (Å²) in [6.45, 7) is 5.07. The number of benzene rings is 1. The Labute approximate surface area is 168 Å². The van der Waals surface area contributed by atoms with E-state index in [0.29, 0.717) is 49.2 Å². The molecule has 10 heteroatoms. The Balaban J connectivity index is 1.59. The van der Waals surface area contributed by atoms with Gasteiger partial charge in [0.2, 0.25) is 16.0 Å². The fourth-order valence-electron chi connectivity index (χ4n) is 3.55. The highest BCUT2D eigenvalue weighted by atomic mass is 32.2. The average molecular weight is 416 g/mol. The van der Waals surface area contributed by atoms with Gasteiger partial charge in [-0.1, -0.05) is 0 Å². The molecule has 8 nitrogen and oxygen atoms in total. The van der Waals surface area contributed by atoms with Crippen LogP contribution in [-0.2, 0) is 10.0 Å². The van der Waals surface area contributed by atoms with Gasteiger partial charge in [-0.15, -0.1) is 0 Å². The molecule has 0 amide bonds. The molecule has 1 fully saturated rings. The van der Waals surface area contributed by atoms with E-state index in [0.717, 1.165) is 0 Å². The van der Waals surface area contributed by atoms with Gasteiger partial charge in [0.25, 0.3) is 0 Å². The van der Waals surface area contributed by atoms with Gasteiger partial charge in [-0.05, 0) is 44.2 Å². The van der Waals surface area contributed by atoms with Gasteiger partial charge in [-0.2, -0.15) is 9.40 Å².